The van der Waals surface area contributed by atoms with E-state index in [1.165, 1.54) is 24.8 Å². The number of nitrogens with one attached hydrogen (secondary N) is 1. The van der Waals surface area contributed by atoms with Crippen LogP contribution in [0.5, 0.6) is 0 Å². The summed E-state index contributed by atoms with van der Waals surface area (Å²) in [7, 11) is 0. The molecule has 0 aromatic heterocycles. The summed E-state index contributed by atoms with van der Waals surface area (Å²) >= 11 is 0. The van der Waals surface area contributed by atoms with Crippen LogP contribution in [0, 0.1) is 5.92 Å². The minimum Gasteiger partial charge on any atom is -0.310 e. The third-order valence-electron chi connectivity index (χ3n) is 4.76. The van der Waals surface area contributed by atoms with Gasteiger partial charge in [-0.1, -0.05) is 30.7 Å². The molecule has 1 aliphatic carbocycles. The van der Waals surface area contributed by atoms with Gasteiger partial charge in [-0.2, -0.15) is 13.2 Å². The lowest BCUT2D eigenvalue weighted by molar-refractivity contribution is -0.183. The molecule has 4 heteroatoms. The summed E-state index contributed by atoms with van der Waals surface area (Å²) in [5, 5.41) is 3.24. The molecule has 0 spiro atoms. The van der Waals surface area contributed by atoms with E-state index >= 15 is 0 Å². The van der Waals surface area contributed by atoms with Gasteiger partial charge < -0.3 is 5.32 Å². The molecule has 0 bridgehead atoms. The Morgan fingerprint density at radius 1 is 1.05 bits per heavy atom. The Bertz CT molecular complexity index is 465. The van der Waals surface area contributed by atoms with Crippen molar-refractivity contribution < 1.29 is 13.2 Å². The highest BCUT2D eigenvalue weighted by molar-refractivity contribution is 5.30. The molecule has 2 aliphatic rings. The summed E-state index contributed by atoms with van der Waals surface area (Å²) in [4.78, 5) is 0. The van der Waals surface area contributed by atoms with E-state index in [4.69, 9.17) is 0 Å². The fourth-order valence-electron chi connectivity index (χ4n) is 3.24. The van der Waals surface area contributed by atoms with Gasteiger partial charge >= 0.3 is 6.18 Å². The van der Waals surface area contributed by atoms with Crippen molar-refractivity contribution >= 4 is 0 Å². The first-order chi connectivity index (χ1) is 9.54. The van der Waals surface area contributed by atoms with Gasteiger partial charge in [0.1, 0.15) is 0 Å². The third kappa shape index (κ3) is 2.85. The van der Waals surface area contributed by atoms with Crippen LogP contribution in [0.1, 0.15) is 55.2 Å². The zero-order valence-corrected chi connectivity index (χ0v) is 11.4. The Labute approximate surface area is 117 Å². The van der Waals surface area contributed by atoms with E-state index in [1.54, 1.807) is 0 Å². The van der Waals surface area contributed by atoms with Crippen molar-refractivity contribution in [2.45, 2.75) is 50.2 Å². The molecule has 1 aromatic carbocycles. The van der Waals surface area contributed by atoms with E-state index in [1.807, 2.05) is 12.1 Å². The van der Waals surface area contributed by atoms with Crippen LogP contribution in [-0.4, -0.2) is 12.7 Å². The minimum absolute atomic E-state index is 0.157. The molecule has 0 amide bonds. The van der Waals surface area contributed by atoms with Gasteiger partial charge in [0.05, 0.1) is 5.92 Å². The van der Waals surface area contributed by atoms with E-state index in [9.17, 15) is 13.2 Å². The molecule has 20 heavy (non-hydrogen) atoms. The first-order valence-electron chi connectivity index (χ1n) is 7.44. The van der Waals surface area contributed by atoms with Gasteiger partial charge in [0.15, 0.2) is 0 Å². The van der Waals surface area contributed by atoms with Gasteiger partial charge in [0, 0.05) is 6.04 Å². The number of rotatable bonds is 2. The van der Waals surface area contributed by atoms with E-state index in [2.05, 4.69) is 17.4 Å². The molecule has 1 aliphatic heterocycles. The summed E-state index contributed by atoms with van der Waals surface area (Å²) in [6.45, 7) is 0.447. The standard InChI is InChI=1S/C16H20F3N/c17-16(18,19)14-7-8-20-15(10-14)13-6-2-5-12(9-13)11-3-1-4-11/h2,5-6,9,11,14-15,20H,1,3-4,7-8,10H2. The summed E-state index contributed by atoms with van der Waals surface area (Å²) in [6.07, 6.45) is -0.00195. The van der Waals surface area contributed by atoms with Crippen LogP contribution in [0.4, 0.5) is 13.2 Å². The second-order valence-corrected chi connectivity index (χ2v) is 6.07. The van der Waals surface area contributed by atoms with E-state index in [0.717, 1.165) is 5.56 Å². The quantitative estimate of drug-likeness (QED) is 0.839. The lowest BCUT2D eigenvalue weighted by Gasteiger charge is -2.33. The van der Waals surface area contributed by atoms with Crippen molar-refractivity contribution in [2.75, 3.05) is 6.54 Å². The summed E-state index contributed by atoms with van der Waals surface area (Å²) in [6, 6.07) is 8.01. The monoisotopic (exact) mass is 283 g/mol. The van der Waals surface area contributed by atoms with E-state index < -0.39 is 12.1 Å². The Balaban J connectivity index is 1.74. The van der Waals surface area contributed by atoms with Crippen LogP contribution in [0.25, 0.3) is 0 Å². The largest absolute Gasteiger partial charge is 0.391 e. The number of hydrogen-bond acceptors (Lipinski definition) is 1. The van der Waals surface area contributed by atoms with Gasteiger partial charge in [-0.25, -0.2) is 0 Å². The highest BCUT2D eigenvalue weighted by Gasteiger charge is 2.42. The predicted octanol–water partition coefficient (Wildman–Crippen LogP) is 4.56. The molecule has 2 atom stereocenters. The van der Waals surface area contributed by atoms with Gasteiger partial charge in [0.25, 0.3) is 0 Å². The van der Waals surface area contributed by atoms with Gasteiger partial charge in [-0.05, 0) is 49.3 Å². The molecular formula is C16H20F3N. The zero-order chi connectivity index (χ0) is 14.2. The van der Waals surface area contributed by atoms with Crippen molar-refractivity contribution in [2.24, 2.45) is 5.92 Å². The first kappa shape index (κ1) is 13.9. The maximum absolute atomic E-state index is 12.9. The number of piperidine rings is 1. The Hall–Kier alpha value is -1.03. The number of halogens is 3. The topological polar surface area (TPSA) is 12.0 Å². The SMILES string of the molecule is FC(F)(F)C1CCNC(c2cccc(C3CCC3)c2)C1. The second kappa shape index (κ2) is 5.40. The molecule has 0 radical (unpaired) electrons. The Morgan fingerprint density at radius 3 is 2.45 bits per heavy atom. The molecule has 1 nitrogen and oxygen atoms in total. The first-order valence-corrected chi connectivity index (χ1v) is 7.44. The van der Waals surface area contributed by atoms with Crippen LogP contribution < -0.4 is 5.32 Å². The highest BCUT2D eigenvalue weighted by Crippen LogP contribution is 2.40. The summed E-state index contributed by atoms with van der Waals surface area (Å²) < 4.78 is 38.6. The highest BCUT2D eigenvalue weighted by atomic mass is 19.4. The van der Waals surface area contributed by atoms with Crippen molar-refractivity contribution in [3.05, 3.63) is 35.4 Å². The second-order valence-electron chi connectivity index (χ2n) is 6.07. The molecule has 110 valence electrons. The smallest absolute Gasteiger partial charge is 0.310 e. The van der Waals surface area contributed by atoms with Crippen LogP contribution in [0.3, 0.4) is 0 Å². The zero-order valence-electron chi connectivity index (χ0n) is 11.4. The molecule has 1 aromatic rings. The fourth-order valence-corrected chi connectivity index (χ4v) is 3.24. The fraction of sp³-hybridized carbons (Fsp3) is 0.625. The number of benzene rings is 1. The molecular weight excluding hydrogens is 263 g/mol. The summed E-state index contributed by atoms with van der Waals surface area (Å²) in [5.41, 5.74) is 2.31. The molecule has 3 rings (SSSR count). The van der Waals surface area contributed by atoms with Crippen LogP contribution in [0.15, 0.2) is 24.3 Å². The Kier molecular flexibility index (Phi) is 3.76. The van der Waals surface area contributed by atoms with Gasteiger partial charge in [0.2, 0.25) is 0 Å². The average Bonchev–Trinajstić information content (AvgIpc) is 2.36. The molecule has 2 unspecified atom stereocenters. The van der Waals surface area contributed by atoms with Gasteiger partial charge in [-0.15, -0.1) is 0 Å². The molecule has 1 saturated heterocycles. The van der Waals surface area contributed by atoms with Crippen molar-refractivity contribution in [1.29, 1.82) is 0 Å². The third-order valence-corrected chi connectivity index (χ3v) is 4.76. The normalized spacial score (nSPS) is 28.1. The molecule has 1 N–H and O–H groups in total. The maximum atomic E-state index is 12.9. The van der Waals surface area contributed by atoms with Crippen molar-refractivity contribution in [3.63, 3.8) is 0 Å². The predicted molar refractivity (Wildman–Crippen MR) is 72.6 cm³/mol. The molecule has 2 fully saturated rings. The van der Waals surface area contributed by atoms with Crippen molar-refractivity contribution in [3.8, 4) is 0 Å². The number of hydrogen-bond donors (Lipinski definition) is 1. The summed E-state index contributed by atoms with van der Waals surface area (Å²) in [5.74, 6) is -0.543. The van der Waals surface area contributed by atoms with Crippen LogP contribution in [0.2, 0.25) is 0 Å². The van der Waals surface area contributed by atoms with Gasteiger partial charge in [-0.3, -0.25) is 0 Å². The van der Waals surface area contributed by atoms with Crippen molar-refractivity contribution in [1.82, 2.24) is 5.32 Å². The lowest BCUT2D eigenvalue weighted by Crippen LogP contribution is -2.38. The average molecular weight is 283 g/mol. The van der Waals surface area contributed by atoms with Crippen LogP contribution >= 0.6 is 0 Å². The van der Waals surface area contributed by atoms with E-state index in [-0.39, 0.29) is 18.9 Å². The molecule has 1 saturated carbocycles. The number of alkyl halides is 3. The van der Waals surface area contributed by atoms with Crippen LogP contribution in [-0.2, 0) is 0 Å². The minimum atomic E-state index is -4.06. The Morgan fingerprint density at radius 2 is 1.80 bits per heavy atom. The molecule has 1 heterocycles. The lowest BCUT2D eigenvalue weighted by atomic mass is 9.79. The maximum Gasteiger partial charge on any atom is 0.391 e. The van der Waals surface area contributed by atoms with E-state index in [0.29, 0.717) is 12.5 Å².